The number of hydrogen-bond acceptors (Lipinski definition) is 4. The molecule has 0 radical (unpaired) electrons. The van der Waals surface area contributed by atoms with Crippen LogP contribution in [-0.4, -0.2) is 61.5 Å². The van der Waals surface area contributed by atoms with Gasteiger partial charge < -0.3 is 15.2 Å². The van der Waals surface area contributed by atoms with Gasteiger partial charge in [-0.2, -0.15) is 0 Å². The molecule has 1 aliphatic carbocycles. The van der Waals surface area contributed by atoms with Crippen LogP contribution in [0.15, 0.2) is 0 Å². The van der Waals surface area contributed by atoms with Gasteiger partial charge in [0.15, 0.2) is 0 Å². The summed E-state index contributed by atoms with van der Waals surface area (Å²) in [4.78, 5) is 2.52. The van der Waals surface area contributed by atoms with Crippen molar-refractivity contribution in [2.75, 3.05) is 33.9 Å². The average molecular weight is 244 g/mol. The first-order valence-corrected chi connectivity index (χ1v) is 6.60. The molecule has 4 nitrogen and oxygen atoms in total. The van der Waals surface area contributed by atoms with E-state index >= 15 is 0 Å². The summed E-state index contributed by atoms with van der Waals surface area (Å²) in [5, 5.41) is 12.7. The Labute approximate surface area is 105 Å². The molecule has 17 heavy (non-hydrogen) atoms. The zero-order chi connectivity index (χ0) is 12.9. The van der Waals surface area contributed by atoms with Crippen molar-refractivity contribution in [1.82, 2.24) is 10.2 Å². The van der Waals surface area contributed by atoms with Gasteiger partial charge >= 0.3 is 0 Å². The van der Waals surface area contributed by atoms with Crippen molar-refractivity contribution in [3.63, 3.8) is 0 Å². The van der Waals surface area contributed by atoms with Crippen LogP contribution in [0, 0.1) is 0 Å². The van der Waals surface area contributed by atoms with Gasteiger partial charge in [-0.25, -0.2) is 0 Å². The Bertz CT molecular complexity index is 215. The van der Waals surface area contributed by atoms with E-state index in [1.54, 1.807) is 7.11 Å². The van der Waals surface area contributed by atoms with Gasteiger partial charge in [0, 0.05) is 31.3 Å². The van der Waals surface area contributed by atoms with Gasteiger partial charge in [0.2, 0.25) is 0 Å². The highest BCUT2D eigenvalue weighted by atomic mass is 16.5. The quantitative estimate of drug-likeness (QED) is 0.631. The number of aliphatic hydroxyl groups is 1. The van der Waals surface area contributed by atoms with Crippen LogP contribution < -0.4 is 5.32 Å². The number of ether oxygens (including phenoxy) is 1. The molecule has 0 aliphatic heterocycles. The molecule has 1 aliphatic rings. The first-order valence-electron chi connectivity index (χ1n) is 6.60. The molecule has 2 N–H and O–H groups in total. The maximum absolute atomic E-state index is 9.44. The number of rotatable bonds is 9. The van der Waals surface area contributed by atoms with Crippen molar-refractivity contribution in [2.45, 2.75) is 50.7 Å². The van der Waals surface area contributed by atoms with Crippen LogP contribution in [0.4, 0.5) is 0 Å². The molecular weight excluding hydrogens is 216 g/mol. The minimum atomic E-state index is -0.181. The van der Waals surface area contributed by atoms with Crippen molar-refractivity contribution in [2.24, 2.45) is 0 Å². The van der Waals surface area contributed by atoms with E-state index in [1.807, 2.05) is 7.05 Å². The molecular formula is C13H28N2O2. The van der Waals surface area contributed by atoms with E-state index in [4.69, 9.17) is 4.74 Å². The number of methoxy groups -OCH3 is 1. The molecule has 1 saturated carbocycles. The van der Waals surface area contributed by atoms with Crippen LogP contribution in [0.25, 0.3) is 0 Å². The summed E-state index contributed by atoms with van der Waals surface area (Å²) in [6, 6.07) is 1.21. The van der Waals surface area contributed by atoms with E-state index in [0.29, 0.717) is 6.04 Å². The number of aliphatic hydroxyl groups excluding tert-OH is 1. The summed E-state index contributed by atoms with van der Waals surface area (Å²) in [7, 11) is 3.67. The van der Waals surface area contributed by atoms with Gasteiger partial charge in [-0.15, -0.1) is 0 Å². The molecule has 0 amide bonds. The summed E-state index contributed by atoms with van der Waals surface area (Å²) in [6.07, 6.45) is 3.58. The van der Waals surface area contributed by atoms with Crippen LogP contribution in [-0.2, 0) is 4.74 Å². The predicted molar refractivity (Wildman–Crippen MR) is 70.2 cm³/mol. The van der Waals surface area contributed by atoms with E-state index in [1.165, 1.54) is 12.8 Å². The minimum absolute atomic E-state index is 0.177. The fourth-order valence-electron chi connectivity index (χ4n) is 2.38. The van der Waals surface area contributed by atoms with Crippen LogP contribution in [0.5, 0.6) is 0 Å². The van der Waals surface area contributed by atoms with Gasteiger partial charge in [-0.05, 0) is 40.2 Å². The maximum atomic E-state index is 9.44. The highest BCUT2D eigenvalue weighted by Gasteiger charge is 2.34. The summed E-state index contributed by atoms with van der Waals surface area (Å²) in [5.41, 5.74) is -0.181. The lowest BCUT2D eigenvalue weighted by molar-refractivity contribution is 0.0872. The average Bonchev–Trinajstić information content (AvgIpc) is 3.14. The molecule has 0 aromatic rings. The number of hydrogen-bond donors (Lipinski definition) is 2. The minimum Gasteiger partial charge on any atom is -0.394 e. The SMILES string of the molecule is CNC(C)(CO)CC(C)N(CCOC)C1CC1. The van der Waals surface area contributed by atoms with E-state index in [2.05, 4.69) is 24.1 Å². The maximum Gasteiger partial charge on any atom is 0.0611 e. The fraction of sp³-hybridized carbons (Fsp3) is 1.00. The number of nitrogens with one attached hydrogen (secondary N) is 1. The smallest absolute Gasteiger partial charge is 0.0611 e. The van der Waals surface area contributed by atoms with Gasteiger partial charge in [0.1, 0.15) is 0 Å². The normalized spacial score (nSPS) is 21.5. The van der Waals surface area contributed by atoms with Crippen molar-refractivity contribution in [3.8, 4) is 0 Å². The third-order valence-electron chi connectivity index (χ3n) is 3.83. The second-order valence-electron chi connectivity index (χ2n) is 5.48. The molecule has 0 saturated heterocycles. The molecule has 0 aromatic heterocycles. The molecule has 2 unspecified atom stereocenters. The summed E-state index contributed by atoms with van der Waals surface area (Å²) < 4.78 is 5.18. The van der Waals surface area contributed by atoms with E-state index in [9.17, 15) is 5.11 Å². The Morgan fingerprint density at radius 1 is 1.53 bits per heavy atom. The molecule has 1 fully saturated rings. The molecule has 102 valence electrons. The lowest BCUT2D eigenvalue weighted by Gasteiger charge is -2.36. The standard InChI is InChI=1S/C13H28N2O2/c1-11(9-13(2,10-16)14-3)15(7-8-17-4)12-5-6-12/h11-12,14,16H,5-10H2,1-4H3. The first-order chi connectivity index (χ1) is 8.06. The Morgan fingerprint density at radius 3 is 2.59 bits per heavy atom. The molecule has 0 bridgehead atoms. The zero-order valence-corrected chi connectivity index (χ0v) is 11.7. The Kier molecular flexibility index (Phi) is 5.86. The fourth-order valence-corrected chi connectivity index (χ4v) is 2.38. The Balaban J connectivity index is 2.49. The van der Waals surface area contributed by atoms with Crippen LogP contribution in [0.2, 0.25) is 0 Å². The summed E-state index contributed by atoms with van der Waals surface area (Å²) in [6.45, 7) is 6.28. The third-order valence-corrected chi connectivity index (χ3v) is 3.83. The second kappa shape index (κ2) is 6.69. The molecule has 0 spiro atoms. The summed E-state index contributed by atoms with van der Waals surface area (Å²) >= 11 is 0. The van der Waals surface area contributed by atoms with Crippen molar-refractivity contribution in [3.05, 3.63) is 0 Å². The number of likely N-dealkylation sites (N-methyl/N-ethyl adjacent to an activating group) is 1. The highest BCUT2D eigenvalue weighted by molar-refractivity contribution is 4.92. The topological polar surface area (TPSA) is 44.7 Å². The van der Waals surface area contributed by atoms with E-state index < -0.39 is 0 Å². The van der Waals surface area contributed by atoms with Gasteiger partial charge in [0.05, 0.1) is 13.2 Å². The second-order valence-corrected chi connectivity index (χ2v) is 5.48. The van der Waals surface area contributed by atoms with Gasteiger partial charge in [-0.3, -0.25) is 4.90 Å². The lowest BCUT2D eigenvalue weighted by atomic mass is 9.94. The molecule has 2 atom stereocenters. The monoisotopic (exact) mass is 244 g/mol. The zero-order valence-electron chi connectivity index (χ0n) is 11.7. The van der Waals surface area contributed by atoms with Crippen LogP contribution >= 0.6 is 0 Å². The molecule has 0 heterocycles. The van der Waals surface area contributed by atoms with E-state index in [-0.39, 0.29) is 12.1 Å². The predicted octanol–water partition coefficient (Wildman–Crippen LogP) is 0.846. The summed E-state index contributed by atoms with van der Waals surface area (Å²) in [5.74, 6) is 0. The van der Waals surface area contributed by atoms with Crippen molar-refractivity contribution in [1.29, 1.82) is 0 Å². The molecule has 4 heteroatoms. The lowest BCUT2D eigenvalue weighted by Crippen LogP contribution is -2.50. The van der Waals surface area contributed by atoms with Gasteiger partial charge in [0.25, 0.3) is 0 Å². The van der Waals surface area contributed by atoms with Crippen LogP contribution in [0.1, 0.15) is 33.1 Å². The third kappa shape index (κ3) is 4.54. The van der Waals surface area contributed by atoms with Crippen LogP contribution in [0.3, 0.4) is 0 Å². The first kappa shape index (κ1) is 14.9. The molecule has 1 rings (SSSR count). The number of nitrogens with zero attached hydrogens (tertiary/aromatic N) is 1. The highest BCUT2D eigenvalue weighted by Crippen LogP contribution is 2.30. The van der Waals surface area contributed by atoms with Gasteiger partial charge in [-0.1, -0.05) is 0 Å². The largest absolute Gasteiger partial charge is 0.394 e. The molecule has 0 aromatic carbocycles. The van der Waals surface area contributed by atoms with Crippen molar-refractivity contribution < 1.29 is 9.84 Å². The Hall–Kier alpha value is -0.160. The van der Waals surface area contributed by atoms with Crippen molar-refractivity contribution >= 4 is 0 Å². The van der Waals surface area contributed by atoms with E-state index in [0.717, 1.165) is 25.6 Å². The Morgan fingerprint density at radius 2 is 2.18 bits per heavy atom.